The molecule has 1 aliphatic heterocycles. The second kappa shape index (κ2) is 4.08. The zero-order valence-corrected chi connectivity index (χ0v) is 8.03. The number of nitrogens with one attached hydrogen (secondary N) is 1. The van der Waals surface area contributed by atoms with E-state index in [1.807, 2.05) is 0 Å². The van der Waals surface area contributed by atoms with Crippen molar-refractivity contribution < 1.29 is 9.90 Å². The number of hydrogen-bond acceptors (Lipinski definition) is 3. The van der Waals surface area contributed by atoms with E-state index in [0.29, 0.717) is 19.5 Å². The van der Waals surface area contributed by atoms with Crippen molar-refractivity contribution in [3.63, 3.8) is 0 Å². The van der Waals surface area contributed by atoms with Gasteiger partial charge in [-0.2, -0.15) is 0 Å². The highest BCUT2D eigenvalue weighted by Gasteiger charge is 2.20. The summed E-state index contributed by atoms with van der Waals surface area (Å²) in [6.45, 7) is 2.67. The number of guanidine groups is 1. The van der Waals surface area contributed by atoms with Crippen LogP contribution in [-0.2, 0) is 4.79 Å². The van der Waals surface area contributed by atoms with Gasteiger partial charge in [0, 0.05) is 18.7 Å². The molecule has 0 saturated carbocycles. The van der Waals surface area contributed by atoms with E-state index in [0.717, 1.165) is 5.71 Å². The molecule has 1 atom stereocenters. The minimum absolute atomic E-state index is 0.0122. The smallest absolute Gasteiger partial charge is 0.328 e. The van der Waals surface area contributed by atoms with Crippen LogP contribution in [0.1, 0.15) is 13.3 Å². The van der Waals surface area contributed by atoms with Crippen LogP contribution in [0, 0.1) is 5.41 Å². The number of nitrogens with two attached hydrogens (primary N) is 1. The zero-order chi connectivity index (χ0) is 10.7. The highest BCUT2D eigenvalue weighted by molar-refractivity contribution is 5.94. The molecule has 0 bridgehead atoms. The standard InChI is InChI=1S/C8H14N4O2/c1-5(7(13)14)11-6-2-3-12(4-6)8(9)10/h5H,2-4H2,1H3,(H3,9,10)(H,13,14)/t5-/m0/s1. The van der Waals surface area contributed by atoms with E-state index in [1.54, 1.807) is 4.90 Å². The highest BCUT2D eigenvalue weighted by atomic mass is 16.4. The third-order valence-corrected chi connectivity index (χ3v) is 2.12. The Morgan fingerprint density at radius 3 is 2.86 bits per heavy atom. The molecule has 0 amide bonds. The van der Waals surface area contributed by atoms with Crippen LogP contribution in [-0.4, -0.2) is 46.8 Å². The van der Waals surface area contributed by atoms with Crippen LogP contribution >= 0.6 is 0 Å². The molecule has 4 N–H and O–H groups in total. The minimum atomic E-state index is -0.932. The summed E-state index contributed by atoms with van der Waals surface area (Å²) >= 11 is 0. The topological polar surface area (TPSA) is 103 Å². The molecule has 14 heavy (non-hydrogen) atoms. The van der Waals surface area contributed by atoms with E-state index in [-0.39, 0.29) is 5.96 Å². The van der Waals surface area contributed by atoms with Crippen LogP contribution in [0.5, 0.6) is 0 Å². The second-order valence-electron chi connectivity index (χ2n) is 3.27. The Bertz CT molecular complexity index is 287. The first kappa shape index (κ1) is 10.5. The number of aliphatic carboxylic acids is 1. The molecule has 1 aliphatic rings. The first-order valence-electron chi connectivity index (χ1n) is 4.38. The van der Waals surface area contributed by atoms with Gasteiger partial charge in [-0.05, 0) is 6.92 Å². The molecule has 6 heteroatoms. The fourth-order valence-corrected chi connectivity index (χ4v) is 1.28. The summed E-state index contributed by atoms with van der Waals surface area (Å²) in [5.74, 6) is -0.919. The van der Waals surface area contributed by atoms with E-state index in [2.05, 4.69) is 4.99 Å². The van der Waals surface area contributed by atoms with Crippen LogP contribution < -0.4 is 5.73 Å². The average molecular weight is 198 g/mol. The van der Waals surface area contributed by atoms with Gasteiger partial charge in [-0.15, -0.1) is 0 Å². The third kappa shape index (κ3) is 2.45. The Morgan fingerprint density at radius 2 is 2.43 bits per heavy atom. The lowest BCUT2D eigenvalue weighted by molar-refractivity contribution is -0.137. The zero-order valence-electron chi connectivity index (χ0n) is 8.03. The molecule has 0 unspecified atom stereocenters. The van der Waals surface area contributed by atoms with Crippen LogP contribution in [0.3, 0.4) is 0 Å². The average Bonchev–Trinajstić information content (AvgIpc) is 2.52. The molecule has 78 valence electrons. The van der Waals surface area contributed by atoms with Gasteiger partial charge in [0.2, 0.25) is 0 Å². The number of aliphatic imine (C=N–C) groups is 1. The van der Waals surface area contributed by atoms with Gasteiger partial charge in [0.15, 0.2) is 5.96 Å². The fraction of sp³-hybridized carbons (Fsp3) is 0.625. The number of nitrogens with zero attached hydrogens (tertiary/aromatic N) is 2. The summed E-state index contributed by atoms with van der Waals surface area (Å²) in [5, 5.41) is 15.8. The maximum absolute atomic E-state index is 10.5. The molecule has 0 radical (unpaired) electrons. The molecule has 6 nitrogen and oxygen atoms in total. The van der Waals surface area contributed by atoms with Crippen molar-refractivity contribution in [2.75, 3.05) is 13.1 Å². The van der Waals surface area contributed by atoms with Crippen molar-refractivity contribution in [3.8, 4) is 0 Å². The number of carbonyl (C=O) groups is 1. The van der Waals surface area contributed by atoms with Crippen LogP contribution in [0.2, 0.25) is 0 Å². The summed E-state index contributed by atoms with van der Waals surface area (Å²) in [6.07, 6.45) is 0.692. The van der Waals surface area contributed by atoms with E-state index in [9.17, 15) is 4.79 Å². The van der Waals surface area contributed by atoms with E-state index >= 15 is 0 Å². The van der Waals surface area contributed by atoms with Gasteiger partial charge >= 0.3 is 5.97 Å². The normalized spacial score (nSPS) is 21.2. The van der Waals surface area contributed by atoms with Gasteiger partial charge in [-0.25, -0.2) is 4.79 Å². The molecule has 1 rings (SSSR count). The Labute approximate surface area is 81.9 Å². The largest absolute Gasteiger partial charge is 0.480 e. The van der Waals surface area contributed by atoms with Crippen molar-refractivity contribution in [1.82, 2.24) is 4.90 Å². The van der Waals surface area contributed by atoms with Crippen molar-refractivity contribution in [2.24, 2.45) is 10.7 Å². The summed E-state index contributed by atoms with van der Waals surface area (Å²) in [7, 11) is 0. The van der Waals surface area contributed by atoms with Gasteiger partial charge < -0.3 is 15.7 Å². The van der Waals surface area contributed by atoms with Gasteiger partial charge in [0.05, 0.1) is 6.54 Å². The number of carboxylic acids is 1. The summed E-state index contributed by atoms with van der Waals surface area (Å²) < 4.78 is 0. The Morgan fingerprint density at radius 1 is 1.79 bits per heavy atom. The lowest BCUT2D eigenvalue weighted by Crippen LogP contribution is -2.34. The minimum Gasteiger partial charge on any atom is -0.480 e. The quantitative estimate of drug-likeness (QED) is 0.411. The number of likely N-dealkylation sites (tertiary alicyclic amines) is 1. The first-order valence-corrected chi connectivity index (χ1v) is 4.38. The van der Waals surface area contributed by atoms with E-state index < -0.39 is 12.0 Å². The maximum atomic E-state index is 10.5. The lowest BCUT2D eigenvalue weighted by atomic mass is 10.3. The number of hydrogen-bond donors (Lipinski definition) is 3. The summed E-state index contributed by atoms with van der Waals surface area (Å²) in [4.78, 5) is 16.2. The van der Waals surface area contributed by atoms with Gasteiger partial charge in [-0.1, -0.05) is 0 Å². The fourth-order valence-electron chi connectivity index (χ4n) is 1.28. The highest BCUT2D eigenvalue weighted by Crippen LogP contribution is 2.06. The molecule has 0 spiro atoms. The van der Waals surface area contributed by atoms with Gasteiger partial charge in [-0.3, -0.25) is 10.4 Å². The SMILES string of the molecule is C[C@H](N=C1CCN(C(=N)N)C1)C(=O)O. The van der Waals surface area contributed by atoms with Crippen LogP contribution in [0.15, 0.2) is 4.99 Å². The van der Waals surface area contributed by atoms with Crippen molar-refractivity contribution in [2.45, 2.75) is 19.4 Å². The van der Waals surface area contributed by atoms with Gasteiger partial charge in [0.1, 0.15) is 6.04 Å². The van der Waals surface area contributed by atoms with E-state index in [1.165, 1.54) is 6.92 Å². The number of rotatable bonds is 2. The molecular formula is C8H14N4O2. The predicted octanol–water partition coefficient (Wildman–Crippen LogP) is -0.500. The first-order chi connectivity index (χ1) is 6.50. The van der Waals surface area contributed by atoms with Crippen molar-refractivity contribution in [1.29, 1.82) is 5.41 Å². The molecule has 1 fully saturated rings. The lowest BCUT2D eigenvalue weighted by Gasteiger charge is -2.12. The molecule has 1 saturated heterocycles. The van der Waals surface area contributed by atoms with Gasteiger partial charge in [0.25, 0.3) is 0 Å². The number of carboxylic acid groups (broad SMARTS) is 1. The summed E-state index contributed by atoms with van der Waals surface area (Å²) in [5.41, 5.74) is 6.09. The van der Waals surface area contributed by atoms with Crippen molar-refractivity contribution >= 4 is 17.6 Å². The Balaban J connectivity index is 2.57. The molecular weight excluding hydrogens is 184 g/mol. The monoisotopic (exact) mass is 198 g/mol. The molecule has 0 aliphatic carbocycles. The van der Waals surface area contributed by atoms with Crippen LogP contribution in [0.4, 0.5) is 0 Å². The Kier molecular flexibility index (Phi) is 3.06. The molecule has 1 heterocycles. The maximum Gasteiger partial charge on any atom is 0.328 e. The third-order valence-electron chi connectivity index (χ3n) is 2.12. The molecule has 0 aromatic carbocycles. The molecule has 0 aromatic rings. The second-order valence-corrected chi connectivity index (χ2v) is 3.27. The molecule has 0 aromatic heterocycles. The van der Waals surface area contributed by atoms with Crippen LogP contribution in [0.25, 0.3) is 0 Å². The summed E-state index contributed by atoms with van der Waals surface area (Å²) in [6, 6.07) is -0.711. The van der Waals surface area contributed by atoms with E-state index in [4.69, 9.17) is 16.2 Å². The predicted molar refractivity (Wildman–Crippen MR) is 52.6 cm³/mol. The van der Waals surface area contributed by atoms with Crippen molar-refractivity contribution in [3.05, 3.63) is 0 Å². The Hall–Kier alpha value is -1.59.